The molecule has 0 spiro atoms. The van der Waals surface area contributed by atoms with E-state index in [1.54, 1.807) is 24.3 Å². The van der Waals surface area contributed by atoms with Gasteiger partial charge in [-0.3, -0.25) is 0 Å². The molecule has 0 bridgehead atoms. The van der Waals surface area contributed by atoms with Crippen LogP contribution in [-0.2, 0) is 9.53 Å². The lowest BCUT2D eigenvalue weighted by atomic mass is 10.1. The maximum absolute atomic E-state index is 12.9. The summed E-state index contributed by atoms with van der Waals surface area (Å²) in [5.74, 6) is -0.822. The van der Waals surface area contributed by atoms with Crippen LogP contribution in [0.1, 0.15) is 11.1 Å². The first-order valence-corrected chi connectivity index (χ1v) is 6.29. The van der Waals surface area contributed by atoms with Crippen molar-refractivity contribution in [2.24, 2.45) is 0 Å². The highest BCUT2D eigenvalue weighted by atomic mass is 19.1. The Balaban J connectivity index is 1.91. The molecule has 1 aliphatic rings. The number of carbonyl (C=O) groups is 1. The maximum Gasteiger partial charge on any atom is 0.344 e. The molecule has 2 nitrogen and oxygen atoms in total. The summed E-state index contributed by atoms with van der Waals surface area (Å²) in [6.45, 7) is 0. The Labute approximate surface area is 120 Å². The van der Waals surface area contributed by atoms with Crippen LogP contribution in [0.3, 0.4) is 0 Å². The van der Waals surface area contributed by atoms with E-state index < -0.39 is 5.97 Å². The maximum atomic E-state index is 12.9. The Hall–Kier alpha value is -2.75. The predicted octanol–water partition coefficient (Wildman–Crippen LogP) is 3.95. The van der Waals surface area contributed by atoms with E-state index in [1.165, 1.54) is 36.4 Å². The highest BCUT2D eigenvalue weighted by Crippen LogP contribution is 2.27. The fourth-order valence-corrected chi connectivity index (χ4v) is 2.02. The third kappa shape index (κ3) is 2.89. The van der Waals surface area contributed by atoms with Gasteiger partial charge in [0.25, 0.3) is 0 Å². The molecule has 21 heavy (non-hydrogen) atoms. The van der Waals surface area contributed by atoms with Gasteiger partial charge in [0.15, 0.2) is 0 Å². The molecule has 104 valence electrons. The van der Waals surface area contributed by atoms with E-state index >= 15 is 0 Å². The number of hydrogen-bond acceptors (Lipinski definition) is 2. The zero-order valence-corrected chi connectivity index (χ0v) is 10.8. The minimum Gasteiger partial charge on any atom is -0.423 e. The molecule has 1 heterocycles. The molecule has 0 amide bonds. The summed E-state index contributed by atoms with van der Waals surface area (Å²) >= 11 is 0. The van der Waals surface area contributed by atoms with Crippen molar-refractivity contribution in [3.63, 3.8) is 0 Å². The van der Waals surface area contributed by atoms with Gasteiger partial charge in [-0.25, -0.2) is 13.6 Å². The lowest BCUT2D eigenvalue weighted by Gasteiger charge is -1.99. The highest BCUT2D eigenvalue weighted by Gasteiger charge is 2.22. The summed E-state index contributed by atoms with van der Waals surface area (Å²) in [7, 11) is 0. The summed E-state index contributed by atoms with van der Waals surface area (Å²) in [5.41, 5.74) is 1.67. The minimum absolute atomic E-state index is 0.330. The van der Waals surface area contributed by atoms with Crippen LogP contribution in [0.2, 0.25) is 0 Å². The minimum atomic E-state index is -0.491. The highest BCUT2D eigenvalue weighted by molar-refractivity contribution is 6.19. The Kier molecular flexibility index (Phi) is 3.36. The van der Waals surface area contributed by atoms with Crippen LogP contribution >= 0.6 is 0 Å². The monoisotopic (exact) mass is 284 g/mol. The van der Waals surface area contributed by atoms with E-state index in [1.807, 2.05) is 0 Å². The molecule has 0 saturated carbocycles. The van der Waals surface area contributed by atoms with E-state index in [4.69, 9.17) is 4.74 Å². The first-order valence-electron chi connectivity index (χ1n) is 6.29. The number of benzene rings is 2. The Morgan fingerprint density at radius 2 is 1.43 bits per heavy atom. The lowest BCUT2D eigenvalue weighted by molar-refractivity contribution is -0.131. The molecule has 4 heteroatoms. The number of cyclic esters (lactones) is 1. The Morgan fingerprint density at radius 3 is 2.05 bits per heavy atom. The van der Waals surface area contributed by atoms with Gasteiger partial charge in [0.1, 0.15) is 17.4 Å². The quantitative estimate of drug-likeness (QED) is 0.781. The number of ether oxygens (including phenoxy) is 1. The van der Waals surface area contributed by atoms with Gasteiger partial charge in [-0.2, -0.15) is 0 Å². The topological polar surface area (TPSA) is 26.3 Å². The van der Waals surface area contributed by atoms with Gasteiger partial charge in [0.2, 0.25) is 0 Å². The van der Waals surface area contributed by atoms with Crippen molar-refractivity contribution in [1.29, 1.82) is 0 Å². The van der Waals surface area contributed by atoms with Crippen molar-refractivity contribution >= 4 is 17.6 Å². The van der Waals surface area contributed by atoms with Crippen LogP contribution in [0.15, 0.2) is 60.4 Å². The molecule has 0 atom stereocenters. The summed E-state index contributed by atoms with van der Waals surface area (Å²) in [4.78, 5) is 11.8. The standard InChI is InChI=1S/C17H10F2O2/c18-13-5-1-11(2-6-13)9-15-10-16(17(20)21-15)12-3-7-14(19)8-4-12/h1-10H/b15-9-. The third-order valence-corrected chi connectivity index (χ3v) is 3.05. The molecule has 2 aromatic rings. The SMILES string of the molecule is O=C1O/C(=C\c2ccc(F)cc2)C=C1c1ccc(F)cc1. The third-order valence-electron chi connectivity index (χ3n) is 3.05. The first kappa shape index (κ1) is 13.2. The lowest BCUT2D eigenvalue weighted by Crippen LogP contribution is -1.98. The molecular weight excluding hydrogens is 274 g/mol. The molecule has 0 aromatic heterocycles. The van der Waals surface area contributed by atoms with E-state index in [-0.39, 0.29) is 11.6 Å². The van der Waals surface area contributed by atoms with Crippen LogP contribution in [0, 0.1) is 11.6 Å². The van der Waals surface area contributed by atoms with Gasteiger partial charge in [0, 0.05) is 0 Å². The normalized spacial score (nSPS) is 16.0. The number of allylic oxidation sites excluding steroid dienone is 1. The van der Waals surface area contributed by atoms with Crippen molar-refractivity contribution in [2.45, 2.75) is 0 Å². The number of rotatable bonds is 2. The van der Waals surface area contributed by atoms with Crippen LogP contribution in [0.4, 0.5) is 8.78 Å². The molecule has 0 aliphatic carbocycles. The zero-order chi connectivity index (χ0) is 14.8. The molecule has 0 radical (unpaired) electrons. The van der Waals surface area contributed by atoms with E-state index in [0.29, 0.717) is 16.9 Å². The van der Waals surface area contributed by atoms with Crippen LogP contribution in [0.25, 0.3) is 11.6 Å². The van der Waals surface area contributed by atoms with Crippen molar-refractivity contribution in [2.75, 3.05) is 0 Å². The second kappa shape index (κ2) is 5.32. The molecule has 2 aromatic carbocycles. The van der Waals surface area contributed by atoms with Gasteiger partial charge in [0.05, 0.1) is 5.57 Å². The van der Waals surface area contributed by atoms with Gasteiger partial charge in [-0.05, 0) is 47.5 Å². The van der Waals surface area contributed by atoms with Crippen molar-refractivity contribution < 1.29 is 18.3 Å². The van der Waals surface area contributed by atoms with Crippen molar-refractivity contribution in [1.82, 2.24) is 0 Å². The van der Waals surface area contributed by atoms with Crippen molar-refractivity contribution in [3.05, 3.63) is 83.1 Å². The average Bonchev–Trinajstić information content (AvgIpc) is 2.83. The van der Waals surface area contributed by atoms with Crippen LogP contribution in [0.5, 0.6) is 0 Å². The molecule has 3 rings (SSSR count). The van der Waals surface area contributed by atoms with Gasteiger partial charge in [-0.1, -0.05) is 24.3 Å². The molecule has 0 N–H and O–H groups in total. The Bertz CT molecular complexity index is 741. The molecule has 1 aliphatic heterocycles. The van der Waals surface area contributed by atoms with Gasteiger partial charge >= 0.3 is 5.97 Å². The summed E-state index contributed by atoms with van der Waals surface area (Å²) in [6, 6.07) is 11.4. The van der Waals surface area contributed by atoms with E-state index in [2.05, 4.69) is 0 Å². The summed E-state index contributed by atoms with van der Waals surface area (Å²) < 4.78 is 30.9. The number of esters is 1. The zero-order valence-electron chi connectivity index (χ0n) is 10.8. The fourth-order valence-electron chi connectivity index (χ4n) is 2.02. The summed E-state index contributed by atoms with van der Waals surface area (Å²) in [5, 5.41) is 0. The van der Waals surface area contributed by atoms with Crippen LogP contribution in [-0.4, -0.2) is 5.97 Å². The molecule has 0 saturated heterocycles. The largest absolute Gasteiger partial charge is 0.423 e. The predicted molar refractivity (Wildman–Crippen MR) is 74.8 cm³/mol. The fraction of sp³-hybridized carbons (Fsp3) is 0. The Morgan fingerprint density at radius 1 is 0.857 bits per heavy atom. The smallest absolute Gasteiger partial charge is 0.344 e. The van der Waals surface area contributed by atoms with E-state index in [9.17, 15) is 13.6 Å². The molecular formula is C17H10F2O2. The van der Waals surface area contributed by atoms with E-state index in [0.717, 1.165) is 5.56 Å². The second-order valence-electron chi connectivity index (χ2n) is 4.55. The number of carbonyl (C=O) groups excluding carboxylic acids is 1. The number of hydrogen-bond donors (Lipinski definition) is 0. The first-order chi connectivity index (χ1) is 10.1. The summed E-state index contributed by atoms with van der Waals surface area (Å²) in [6.07, 6.45) is 3.22. The molecule has 0 fully saturated rings. The van der Waals surface area contributed by atoms with Gasteiger partial charge in [-0.15, -0.1) is 0 Å². The van der Waals surface area contributed by atoms with Crippen LogP contribution < -0.4 is 0 Å². The second-order valence-corrected chi connectivity index (χ2v) is 4.55. The molecule has 0 unspecified atom stereocenters. The average molecular weight is 284 g/mol. The van der Waals surface area contributed by atoms with Crippen molar-refractivity contribution in [3.8, 4) is 0 Å². The number of halogens is 2. The van der Waals surface area contributed by atoms with Gasteiger partial charge < -0.3 is 4.74 Å².